The number of amides is 1. The molecule has 0 aromatic heterocycles. The van der Waals surface area contributed by atoms with Crippen molar-refractivity contribution < 1.29 is 14.7 Å². The Morgan fingerprint density at radius 2 is 2.00 bits per heavy atom. The number of rotatable bonds is 6. The van der Waals surface area contributed by atoms with E-state index >= 15 is 0 Å². The van der Waals surface area contributed by atoms with Gasteiger partial charge in [-0.2, -0.15) is 0 Å². The summed E-state index contributed by atoms with van der Waals surface area (Å²) in [5.41, 5.74) is 7.22. The summed E-state index contributed by atoms with van der Waals surface area (Å²) in [6.07, 6.45) is 5.10. The Morgan fingerprint density at radius 3 is 2.53 bits per heavy atom. The van der Waals surface area contributed by atoms with Crippen molar-refractivity contribution in [2.24, 2.45) is 5.73 Å². The number of aliphatic carboxylic acids is 1. The largest absolute Gasteiger partial charge is 0.480 e. The second-order valence-corrected chi connectivity index (χ2v) is 4.02. The molecule has 1 rings (SSSR count). The quantitative estimate of drug-likeness (QED) is 0.641. The SMILES string of the molecule is C#CCC(NC(=O)Cc1ccccc1CN)C(=O)O. The molecule has 4 N–H and O–H groups in total. The summed E-state index contributed by atoms with van der Waals surface area (Å²) in [6.45, 7) is 0.330. The number of hydrogen-bond acceptors (Lipinski definition) is 3. The Balaban J connectivity index is 2.69. The van der Waals surface area contributed by atoms with Gasteiger partial charge >= 0.3 is 5.97 Å². The molecule has 0 radical (unpaired) electrons. The average Bonchev–Trinajstić information content (AvgIpc) is 2.38. The van der Waals surface area contributed by atoms with Crippen LogP contribution in [0.3, 0.4) is 0 Å². The molecule has 1 aromatic rings. The number of carboxylic acid groups (broad SMARTS) is 1. The third-order valence-corrected chi connectivity index (χ3v) is 2.64. The van der Waals surface area contributed by atoms with Gasteiger partial charge in [-0.05, 0) is 11.1 Å². The minimum atomic E-state index is -1.14. The van der Waals surface area contributed by atoms with Crippen molar-refractivity contribution in [3.05, 3.63) is 35.4 Å². The summed E-state index contributed by atoms with van der Waals surface area (Å²) < 4.78 is 0. The molecule has 1 atom stereocenters. The van der Waals surface area contributed by atoms with E-state index in [4.69, 9.17) is 17.3 Å². The van der Waals surface area contributed by atoms with Gasteiger partial charge in [0.2, 0.25) is 5.91 Å². The molecule has 1 aromatic carbocycles. The molecule has 0 spiro atoms. The highest BCUT2D eigenvalue weighted by Crippen LogP contribution is 2.08. The van der Waals surface area contributed by atoms with Crippen molar-refractivity contribution in [3.8, 4) is 12.3 Å². The first kappa shape index (κ1) is 14.7. The topological polar surface area (TPSA) is 92.4 Å². The van der Waals surface area contributed by atoms with Gasteiger partial charge < -0.3 is 16.2 Å². The lowest BCUT2D eigenvalue weighted by molar-refractivity contribution is -0.141. The second kappa shape index (κ2) is 7.19. The number of carboxylic acids is 1. The van der Waals surface area contributed by atoms with E-state index in [-0.39, 0.29) is 18.7 Å². The van der Waals surface area contributed by atoms with Crippen molar-refractivity contribution in [2.45, 2.75) is 25.4 Å². The fourth-order valence-corrected chi connectivity index (χ4v) is 1.67. The maximum Gasteiger partial charge on any atom is 0.327 e. The minimum Gasteiger partial charge on any atom is -0.480 e. The van der Waals surface area contributed by atoms with Crippen LogP contribution in [0.1, 0.15) is 17.5 Å². The van der Waals surface area contributed by atoms with E-state index in [1.54, 1.807) is 12.1 Å². The molecule has 0 aliphatic heterocycles. The molecule has 0 fully saturated rings. The maximum absolute atomic E-state index is 11.8. The molecule has 5 nitrogen and oxygen atoms in total. The minimum absolute atomic E-state index is 0.0421. The molecule has 0 aliphatic rings. The highest BCUT2D eigenvalue weighted by Gasteiger charge is 2.19. The molecule has 1 unspecified atom stereocenters. The van der Waals surface area contributed by atoms with Crippen molar-refractivity contribution in [1.29, 1.82) is 0 Å². The summed E-state index contributed by atoms with van der Waals surface area (Å²) in [7, 11) is 0. The summed E-state index contributed by atoms with van der Waals surface area (Å²) in [6, 6.07) is 6.21. The lowest BCUT2D eigenvalue weighted by atomic mass is 10.0. The molecular formula is C14H16N2O3. The number of benzene rings is 1. The number of carbonyl (C=O) groups is 2. The van der Waals surface area contributed by atoms with Gasteiger partial charge in [-0.3, -0.25) is 4.79 Å². The van der Waals surface area contributed by atoms with Crippen LogP contribution < -0.4 is 11.1 Å². The van der Waals surface area contributed by atoms with Crippen LogP contribution in [-0.2, 0) is 22.6 Å². The molecular weight excluding hydrogens is 244 g/mol. The monoisotopic (exact) mass is 260 g/mol. The highest BCUT2D eigenvalue weighted by molar-refractivity contribution is 5.85. The van der Waals surface area contributed by atoms with E-state index in [1.807, 2.05) is 12.1 Å². The Labute approximate surface area is 111 Å². The molecule has 0 saturated carbocycles. The average molecular weight is 260 g/mol. The van der Waals surface area contributed by atoms with Gasteiger partial charge in [-0.1, -0.05) is 24.3 Å². The Kier molecular flexibility index (Phi) is 5.58. The van der Waals surface area contributed by atoms with Crippen LogP contribution in [0.2, 0.25) is 0 Å². The van der Waals surface area contributed by atoms with Gasteiger partial charge in [0, 0.05) is 13.0 Å². The van der Waals surface area contributed by atoms with E-state index in [0.29, 0.717) is 6.54 Å². The van der Waals surface area contributed by atoms with Crippen LogP contribution in [0.5, 0.6) is 0 Å². The predicted molar refractivity (Wildman–Crippen MR) is 71.1 cm³/mol. The molecule has 0 aliphatic carbocycles. The van der Waals surface area contributed by atoms with E-state index < -0.39 is 12.0 Å². The lowest BCUT2D eigenvalue weighted by Crippen LogP contribution is -2.41. The number of nitrogens with one attached hydrogen (secondary N) is 1. The zero-order chi connectivity index (χ0) is 14.3. The summed E-state index contributed by atoms with van der Waals surface area (Å²) in [5, 5.41) is 11.3. The summed E-state index contributed by atoms with van der Waals surface area (Å²) in [4.78, 5) is 22.7. The van der Waals surface area contributed by atoms with E-state index in [9.17, 15) is 9.59 Å². The van der Waals surface area contributed by atoms with E-state index in [2.05, 4.69) is 11.2 Å². The fraction of sp³-hybridized carbons (Fsp3) is 0.286. The molecule has 1 amide bonds. The summed E-state index contributed by atoms with van der Waals surface area (Å²) in [5.74, 6) is 0.699. The normalized spacial score (nSPS) is 11.4. The highest BCUT2D eigenvalue weighted by atomic mass is 16.4. The van der Waals surface area contributed by atoms with Gasteiger partial charge in [0.15, 0.2) is 0 Å². The lowest BCUT2D eigenvalue weighted by Gasteiger charge is -2.13. The predicted octanol–water partition coefficient (Wildman–Crippen LogP) is 0.281. The number of carbonyl (C=O) groups excluding carboxylic acids is 1. The molecule has 100 valence electrons. The van der Waals surface area contributed by atoms with E-state index in [0.717, 1.165) is 11.1 Å². The molecule has 5 heteroatoms. The first-order chi connectivity index (χ1) is 9.08. The maximum atomic E-state index is 11.8. The standard InChI is InChI=1S/C14H16N2O3/c1-2-5-12(14(18)19)16-13(17)8-10-6-3-4-7-11(10)9-15/h1,3-4,6-7,12H,5,8-9,15H2,(H,16,17)(H,18,19). The van der Waals surface area contributed by atoms with Crippen LogP contribution in [0.15, 0.2) is 24.3 Å². The van der Waals surface area contributed by atoms with Crippen molar-refractivity contribution >= 4 is 11.9 Å². The van der Waals surface area contributed by atoms with E-state index in [1.165, 1.54) is 0 Å². The number of nitrogens with two attached hydrogens (primary N) is 1. The van der Waals surface area contributed by atoms with Crippen LogP contribution in [0.4, 0.5) is 0 Å². The molecule has 19 heavy (non-hydrogen) atoms. The zero-order valence-electron chi connectivity index (χ0n) is 10.4. The third-order valence-electron chi connectivity index (χ3n) is 2.64. The van der Waals surface area contributed by atoms with Gasteiger partial charge in [-0.25, -0.2) is 4.79 Å². The first-order valence-corrected chi connectivity index (χ1v) is 5.81. The van der Waals surface area contributed by atoms with Gasteiger partial charge in [-0.15, -0.1) is 12.3 Å². The van der Waals surface area contributed by atoms with Crippen molar-refractivity contribution in [1.82, 2.24) is 5.32 Å². The van der Waals surface area contributed by atoms with Crippen LogP contribution in [-0.4, -0.2) is 23.0 Å². The van der Waals surface area contributed by atoms with Gasteiger partial charge in [0.05, 0.1) is 6.42 Å². The Morgan fingerprint density at radius 1 is 1.37 bits per heavy atom. The summed E-state index contributed by atoms with van der Waals surface area (Å²) >= 11 is 0. The molecule has 0 saturated heterocycles. The van der Waals surface area contributed by atoms with Crippen LogP contribution in [0.25, 0.3) is 0 Å². The Hall–Kier alpha value is -2.32. The third kappa shape index (κ3) is 4.45. The number of terminal acetylenes is 1. The van der Waals surface area contributed by atoms with Crippen LogP contribution >= 0.6 is 0 Å². The fourth-order valence-electron chi connectivity index (χ4n) is 1.67. The molecule has 0 bridgehead atoms. The Bertz CT molecular complexity index is 506. The number of hydrogen-bond donors (Lipinski definition) is 3. The molecule has 0 heterocycles. The van der Waals surface area contributed by atoms with Crippen LogP contribution in [0, 0.1) is 12.3 Å². The van der Waals surface area contributed by atoms with Gasteiger partial charge in [0.1, 0.15) is 6.04 Å². The smallest absolute Gasteiger partial charge is 0.327 e. The van der Waals surface area contributed by atoms with Crippen molar-refractivity contribution in [2.75, 3.05) is 0 Å². The first-order valence-electron chi connectivity index (χ1n) is 5.81. The van der Waals surface area contributed by atoms with Gasteiger partial charge in [0.25, 0.3) is 0 Å². The second-order valence-electron chi connectivity index (χ2n) is 4.02. The zero-order valence-corrected chi connectivity index (χ0v) is 10.4. The van der Waals surface area contributed by atoms with Crippen molar-refractivity contribution in [3.63, 3.8) is 0 Å².